The number of hydrogen-bond acceptors (Lipinski definition) is 6. The molecule has 0 saturated heterocycles. The molecule has 1 aromatic carbocycles. The minimum atomic E-state index is -4.46. The van der Waals surface area contributed by atoms with Crippen molar-refractivity contribution in [3.63, 3.8) is 0 Å². The van der Waals surface area contributed by atoms with Crippen LogP contribution in [0.5, 0.6) is 0 Å². The number of benzene rings is 1. The summed E-state index contributed by atoms with van der Waals surface area (Å²) in [5.74, 6) is -1.13. The molecule has 8 nitrogen and oxygen atoms in total. The molecule has 1 saturated carbocycles. The summed E-state index contributed by atoms with van der Waals surface area (Å²) in [5, 5.41) is 10.5. The number of halogens is 4. The van der Waals surface area contributed by atoms with E-state index in [1.54, 1.807) is 18.5 Å². The summed E-state index contributed by atoms with van der Waals surface area (Å²) < 4.78 is 61.6. The van der Waals surface area contributed by atoms with E-state index in [4.69, 9.17) is 4.52 Å². The van der Waals surface area contributed by atoms with Gasteiger partial charge in [0.1, 0.15) is 17.1 Å². The van der Waals surface area contributed by atoms with Crippen molar-refractivity contribution < 1.29 is 26.9 Å². The maximum absolute atomic E-state index is 14.9. The van der Waals surface area contributed by atoms with Crippen molar-refractivity contribution >= 4 is 11.7 Å². The zero-order chi connectivity index (χ0) is 29.6. The summed E-state index contributed by atoms with van der Waals surface area (Å²) in [6.07, 6.45) is 1.74. The predicted octanol–water partition coefficient (Wildman–Crippen LogP) is 6.29. The van der Waals surface area contributed by atoms with Crippen LogP contribution in [0.4, 0.5) is 23.4 Å². The first-order valence-corrected chi connectivity index (χ1v) is 13.3. The molecule has 1 aliphatic rings. The molecule has 1 amide bonds. The number of anilines is 1. The highest BCUT2D eigenvalue weighted by Crippen LogP contribution is 2.59. The number of carbonyl (C=O) groups is 1. The van der Waals surface area contributed by atoms with E-state index in [1.807, 2.05) is 17.8 Å². The lowest BCUT2D eigenvalue weighted by molar-refractivity contribution is -0.165. The van der Waals surface area contributed by atoms with Gasteiger partial charge in [-0.2, -0.15) is 18.3 Å². The molecule has 1 fully saturated rings. The Kier molecular flexibility index (Phi) is 7.20. The second-order valence-corrected chi connectivity index (χ2v) is 11.1. The second-order valence-electron chi connectivity index (χ2n) is 11.1. The van der Waals surface area contributed by atoms with Crippen LogP contribution in [0.2, 0.25) is 0 Å². The number of rotatable bonds is 9. The molecule has 12 heteroatoms. The monoisotopic (exact) mass is 570 g/mol. The largest absolute Gasteiger partial charge is 0.401 e. The molecule has 0 spiro atoms. The quantitative estimate of drug-likeness (QED) is 0.238. The fourth-order valence-electron chi connectivity index (χ4n) is 4.49. The Balaban J connectivity index is 1.21. The molecule has 3 heterocycles. The number of carbonyl (C=O) groups excluding carboxylic acids is 1. The highest BCUT2D eigenvalue weighted by atomic mass is 19.4. The fraction of sp³-hybridized carbons (Fsp3) is 0.414. The van der Waals surface area contributed by atoms with E-state index in [-0.39, 0.29) is 41.9 Å². The van der Waals surface area contributed by atoms with Crippen molar-refractivity contribution in [2.75, 3.05) is 5.32 Å². The SMILES string of the molecule is CCC(C)(C)n1cc(Cc2ncc(-c3ccc(CC(=O)Nc4cc(C5(C(F)(F)F)CC5)on4)c(F)c3)cn2)c(C)n1. The highest BCUT2D eigenvalue weighted by Gasteiger charge is 2.66. The molecule has 3 aromatic heterocycles. The number of alkyl halides is 3. The van der Waals surface area contributed by atoms with Gasteiger partial charge >= 0.3 is 6.18 Å². The van der Waals surface area contributed by atoms with E-state index in [0.717, 1.165) is 23.7 Å². The van der Waals surface area contributed by atoms with Gasteiger partial charge in [-0.25, -0.2) is 14.4 Å². The summed E-state index contributed by atoms with van der Waals surface area (Å²) in [5.41, 5.74) is 1.07. The van der Waals surface area contributed by atoms with E-state index >= 15 is 0 Å². The number of aryl methyl sites for hydroxylation is 1. The molecule has 1 aliphatic carbocycles. The summed E-state index contributed by atoms with van der Waals surface area (Å²) in [6.45, 7) is 8.32. The second kappa shape index (κ2) is 10.4. The van der Waals surface area contributed by atoms with Crippen LogP contribution >= 0.6 is 0 Å². The van der Waals surface area contributed by atoms with Gasteiger partial charge < -0.3 is 9.84 Å². The maximum Gasteiger partial charge on any atom is 0.401 e. The predicted molar refractivity (Wildman–Crippen MR) is 143 cm³/mol. The van der Waals surface area contributed by atoms with Crippen molar-refractivity contribution in [1.82, 2.24) is 24.9 Å². The minimum absolute atomic E-state index is 0.0900. The highest BCUT2D eigenvalue weighted by molar-refractivity contribution is 5.91. The van der Waals surface area contributed by atoms with Gasteiger partial charge in [-0.05, 0) is 57.2 Å². The lowest BCUT2D eigenvalue weighted by Gasteiger charge is -2.23. The number of amides is 1. The van der Waals surface area contributed by atoms with Crippen molar-refractivity contribution in [3.8, 4) is 11.1 Å². The minimum Gasteiger partial charge on any atom is -0.358 e. The third-order valence-electron chi connectivity index (χ3n) is 7.82. The van der Waals surface area contributed by atoms with E-state index in [0.29, 0.717) is 23.4 Å². The Hall–Kier alpha value is -4.09. The fourth-order valence-corrected chi connectivity index (χ4v) is 4.49. The van der Waals surface area contributed by atoms with Crippen molar-refractivity contribution in [1.29, 1.82) is 0 Å². The van der Waals surface area contributed by atoms with Crippen LogP contribution < -0.4 is 5.32 Å². The molecule has 1 N–H and O–H groups in total. The standard InChI is InChI=1S/C29H30F4N6O2/c1-5-27(3,4)39-16-20(17(2)37-39)11-24-34-14-21(15-35-24)18-6-7-19(22(30)10-18)12-26(40)36-25-13-23(41-38-25)28(8-9-28)29(31,32)33/h6-7,10,13-16H,5,8-9,11-12H2,1-4H3,(H,36,38,40). The first-order valence-electron chi connectivity index (χ1n) is 13.3. The molecular weight excluding hydrogens is 540 g/mol. The van der Waals surface area contributed by atoms with Gasteiger partial charge in [0.25, 0.3) is 0 Å². The van der Waals surface area contributed by atoms with Crippen LogP contribution in [0, 0.1) is 12.7 Å². The summed E-state index contributed by atoms with van der Waals surface area (Å²) in [4.78, 5) is 21.3. The molecule has 0 aliphatic heterocycles. The van der Waals surface area contributed by atoms with E-state index in [9.17, 15) is 22.4 Å². The Morgan fingerprint density at radius 1 is 1.10 bits per heavy atom. The van der Waals surface area contributed by atoms with Crippen LogP contribution in [0.25, 0.3) is 11.1 Å². The maximum atomic E-state index is 14.9. The average Bonchev–Trinajstić information content (AvgIpc) is 3.49. The zero-order valence-corrected chi connectivity index (χ0v) is 23.1. The van der Waals surface area contributed by atoms with Gasteiger partial charge in [-0.15, -0.1) is 0 Å². The van der Waals surface area contributed by atoms with Crippen LogP contribution in [0.3, 0.4) is 0 Å². The van der Waals surface area contributed by atoms with Crippen LogP contribution in [0.15, 0.2) is 47.4 Å². The van der Waals surface area contributed by atoms with Gasteiger partial charge in [0.15, 0.2) is 11.6 Å². The average molecular weight is 571 g/mol. The van der Waals surface area contributed by atoms with Gasteiger partial charge in [-0.1, -0.05) is 24.2 Å². The van der Waals surface area contributed by atoms with Crippen molar-refractivity contribution in [2.45, 2.75) is 76.9 Å². The van der Waals surface area contributed by atoms with Crippen molar-refractivity contribution in [2.24, 2.45) is 0 Å². The van der Waals surface area contributed by atoms with Gasteiger partial charge in [0, 0.05) is 42.2 Å². The molecule has 0 bridgehead atoms. The molecule has 5 rings (SSSR count). The number of aromatic nitrogens is 5. The smallest absolute Gasteiger partial charge is 0.358 e. The molecule has 0 atom stereocenters. The lowest BCUT2D eigenvalue weighted by atomic mass is 10.0. The zero-order valence-electron chi connectivity index (χ0n) is 23.1. The third kappa shape index (κ3) is 5.73. The molecule has 4 aromatic rings. The molecule has 216 valence electrons. The molecule has 0 unspecified atom stereocenters. The number of nitrogens with one attached hydrogen (secondary N) is 1. The molecule has 0 radical (unpaired) electrons. The Morgan fingerprint density at radius 2 is 1.80 bits per heavy atom. The Labute approximate surface area is 234 Å². The molecule has 41 heavy (non-hydrogen) atoms. The topological polar surface area (TPSA) is 98.7 Å². The van der Waals surface area contributed by atoms with Crippen LogP contribution in [0.1, 0.15) is 68.4 Å². The van der Waals surface area contributed by atoms with Gasteiger partial charge in [0.2, 0.25) is 5.91 Å². The summed E-state index contributed by atoms with van der Waals surface area (Å²) in [6, 6.07) is 5.49. The summed E-state index contributed by atoms with van der Waals surface area (Å²) >= 11 is 0. The Bertz CT molecular complexity index is 1570. The van der Waals surface area contributed by atoms with Gasteiger partial charge in [-0.3, -0.25) is 9.48 Å². The van der Waals surface area contributed by atoms with Crippen LogP contribution in [-0.4, -0.2) is 37.0 Å². The Morgan fingerprint density at radius 3 is 2.41 bits per heavy atom. The molecular formula is C29H30F4N6O2. The first-order chi connectivity index (χ1) is 19.3. The normalized spacial score (nSPS) is 14.7. The number of hydrogen-bond donors (Lipinski definition) is 1. The summed E-state index contributed by atoms with van der Waals surface area (Å²) in [7, 11) is 0. The van der Waals surface area contributed by atoms with E-state index in [1.165, 1.54) is 12.1 Å². The van der Waals surface area contributed by atoms with Gasteiger partial charge in [0.05, 0.1) is 17.7 Å². The van der Waals surface area contributed by atoms with E-state index in [2.05, 4.69) is 46.3 Å². The van der Waals surface area contributed by atoms with Crippen LogP contribution in [-0.2, 0) is 28.6 Å². The third-order valence-corrected chi connectivity index (χ3v) is 7.82. The first kappa shape index (κ1) is 28.4. The number of nitrogens with zero attached hydrogens (tertiary/aromatic N) is 5. The lowest BCUT2D eigenvalue weighted by Crippen LogP contribution is -2.28. The van der Waals surface area contributed by atoms with Crippen molar-refractivity contribution in [3.05, 3.63) is 77.1 Å². The van der Waals surface area contributed by atoms with E-state index < -0.39 is 23.3 Å².